The van der Waals surface area contributed by atoms with Crippen LogP contribution in [0.15, 0.2) is 107 Å². The molecule has 1 aromatic heterocycles. The number of ether oxygens (including phenoxy) is 1. The van der Waals surface area contributed by atoms with Crippen molar-refractivity contribution in [3.8, 4) is 11.1 Å². The number of aliphatic hydroxyl groups is 1. The summed E-state index contributed by atoms with van der Waals surface area (Å²) in [7, 11) is 0. The van der Waals surface area contributed by atoms with Gasteiger partial charge in [0.25, 0.3) is 0 Å². The molecule has 0 radical (unpaired) electrons. The van der Waals surface area contributed by atoms with Crippen LogP contribution in [0.5, 0.6) is 0 Å². The van der Waals surface area contributed by atoms with Crippen molar-refractivity contribution in [2.45, 2.75) is 38.1 Å². The number of carboxylic acid groups (broad SMARTS) is 1. The molecule has 43 heavy (non-hydrogen) atoms. The molecule has 3 aromatic rings. The highest BCUT2D eigenvalue weighted by molar-refractivity contribution is 7.19. The number of hydrogen-bond acceptors (Lipinski definition) is 7. The normalized spacial score (nSPS) is 19.6. The Balaban J connectivity index is 0.998. The monoisotopic (exact) mass is 593 g/mol. The number of aliphatic carboxylic acids is 1. The van der Waals surface area contributed by atoms with Crippen LogP contribution in [0.25, 0.3) is 21.2 Å². The average molecular weight is 594 g/mol. The van der Waals surface area contributed by atoms with E-state index in [1.54, 1.807) is 23.5 Å². The third kappa shape index (κ3) is 6.80. The lowest BCUT2D eigenvalue weighted by Gasteiger charge is -2.34. The van der Waals surface area contributed by atoms with Gasteiger partial charge in [0, 0.05) is 23.8 Å². The number of dihydropyridines is 1. The largest absolute Gasteiger partial charge is 0.478 e. The molecule has 1 aliphatic carbocycles. The van der Waals surface area contributed by atoms with Crippen LogP contribution < -0.4 is 5.32 Å². The second-order valence-corrected chi connectivity index (χ2v) is 12.1. The number of rotatable bonds is 8. The highest BCUT2D eigenvalue weighted by Gasteiger charge is 2.24. The van der Waals surface area contributed by atoms with E-state index in [9.17, 15) is 15.0 Å². The maximum Gasteiger partial charge on any atom is 0.336 e. The van der Waals surface area contributed by atoms with Gasteiger partial charge in [0.15, 0.2) is 0 Å². The summed E-state index contributed by atoms with van der Waals surface area (Å²) in [6.45, 7) is 4.71. The molecule has 220 valence electrons. The number of allylic oxidation sites excluding steroid dienone is 1. The minimum Gasteiger partial charge on any atom is -0.478 e. The first-order valence-electron chi connectivity index (χ1n) is 14.6. The van der Waals surface area contributed by atoms with E-state index in [1.807, 2.05) is 30.4 Å². The van der Waals surface area contributed by atoms with Crippen LogP contribution in [0.2, 0.25) is 0 Å². The molecule has 3 N–H and O–H groups in total. The number of aryl methyl sites for hydroxylation is 1. The molecule has 3 aliphatic rings. The first-order chi connectivity index (χ1) is 20.9. The van der Waals surface area contributed by atoms with Gasteiger partial charge in [-0.1, -0.05) is 42.5 Å². The molecule has 1 saturated heterocycles. The summed E-state index contributed by atoms with van der Waals surface area (Å²) >= 11 is 1.63. The number of thiophene rings is 1. The number of nitrogens with zero attached hydrogens (tertiary/aromatic N) is 2. The molecule has 2 atom stereocenters. The van der Waals surface area contributed by atoms with E-state index in [2.05, 4.69) is 59.3 Å². The van der Waals surface area contributed by atoms with Gasteiger partial charge in [0.05, 0.1) is 29.7 Å². The van der Waals surface area contributed by atoms with Crippen molar-refractivity contribution in [1.82, 2.24) is 10.2 Å². The number of piperidine rings is 1. The molecular weight excluding hydrogens is 558 g/mol. The maximum absolute atomic E-state index is 11.3. The van der Waals surface area contributed by atoms with Crippen molar-refractivity contribution in [1.29, 1.82) is 0 Å². The number of likely N-dealkylation sites (tertiary alicyclic amines) is 1. The van der Waals surface area contributed by atoms with Gasteiger partial charge < -0.3 is 19.8 Å². The van der Waals surface area contributed by atoms with Crippen molar-refractivity contribution in [3.05, 3.63) is 112 Å². The number of amidine groups is 1. The van der Waals surface area contributed by atoms with Crippen molar-refractivity contribution >= 4 is 33.2 Å². The first-order valence-corrected chi connectivity index (χ1v) is 15.4. The molecule has 1 fully saturated rings. The number of hydrogen-bond donors (Lipinski definition) is 3. The fraction of sp³-hybridized carbons (Fsp3) is 0.286. The second-order valence-electron chi connectivity index (χ2n) is 11.0. The van der Waals surface area contributed by atoms with E-state index in [-0.39, 0.29) is 17.7 Å². The van der Waals surface area contributed by atoms with Gasteiger partial charge in [-0.25, -0.2) is 4.79 Å². The Morgan fingerprint density at radius 1 is 1.19 bits per heavy atom. The molecular formula is C35H35N3O4S. The number of carbonyl (C=O) groups is 1. The highest BCUT2D eigenvalue weighted by atomic mass is 32.1. The zero-order valence-electron chi connectivity index (χ0n) is 24.1. The van der Waals surface area contributed by atoms with Crippen LogP contribution in [0.3, 0.4) is 0 Å². The van der Waals surface area contributed by atoms with Crippen molar-refractivity contribution in [3.63, 3.8) is 0 Å². The summed E-state index contributed by atoms with van der Waals surface area (Å²) in [4.78, 5) is 19.4. The molecule has 2 aliphatic heterocycles. The summed E-state index contributed by atoms with van der Waals surface area (Å²) in [5.74, 6) is -0.00251. The summed E-state index contributed by atoms with van der Waals surface area (Å²) in [6, 6.07) is 16.8. The number of benzene rings is 2. The Kier molecular flexibility index (Phi) is 8.84. The van der Waals surface area contributed by atoms with E-state index in [0.29, 0.717) is 13.2 Å². The van der Waals surface area contributed by atoms with E-state index in [4.69, 9.17) is 9.73 Å². The van der Waals surface area contributed by atoms with Crippen LogP contribution in [0.1, 0.15) is 29.5 Å². The van der Waals surface area contributed by atoms with Gasteiger partial charge in [-0.2, -0.15) is 0 Å². The maximum atomic E-state index is 11.3. The fourth-order valence-electron chi connectivity index (χ4n) is 5.67. The predicted molar refractivity (Wildman–Crippen MR) is 172 cm³/mol. The van der Waals surface area contributed by atoms with Gasteiger partial charge in [-0.05, 0) is 89.9 Å². The zero-order valence-corrected chi connectivity index (χ0v) is 24.9. The van der Waals surface area contributed by atoms with Crippen LogP contribution in [-0.2, 0) is 9.53 Å². The van der Waals surface area contributed by atoms with Gasteiger partial charge in [-0.3, -0.25) is 10.3 Å². The standard InChI is InChI=1S/C35H35N3O4S/c1-23-30-20-26(25-8-3-2-4-9-25)11-13-31(30)43-33(23)34(39)37-28-12-14-32(36-21-28)38-17-15-29(16-18-38)42-22-24-7-5-6-10-27(19-24)35(40)41/h2-5,7-14,19-20,28-29,34,37,39H,15-18,21-22H2,1H3,(H,40,41). The van der Waals surface area contributed by atoms with Crippen LogP contribution in [-0.4, -0.2) is 65.3 Å². The average Bonchev–Trinajstić information content (AvgIpc) is 3.19. The molecule has 0 saturated carbocycles. The number of aliphatic hydroxyl groups excluding tert-OH is 1. The van der Waals surface area contributed by atoms with E-state index in [0.717, 1.165) is 47.8 Å². The predicted octanol–water partition coefficient (Wildman–Crippen LogP) is 5.94. The Labute approximate surface area is 255 Å². The summed E-state index contributed by atoms with van der Waals surface area (Å²) < 4.78 is 7.28. The third-order valence-corrected chi connectivity index (χ3v) is 9.43. The van der Waals surface area contributed by atoms with E-state index in [1.165, 1.54) is 27.3 Å². The van der Waals surface area contributed by atoms with Crippen LogP contribution in [0.4, 0.5) is 0 Å². The SMILES string of the molecule is Cc1c(C(O)NC2C=CC(N3CCC(OCC4=CC=C=CC(C(=O)O)=C4)CC3)=NC2)sc2ccc(-c3ccccc3)cc12. The Hall–Kier alpha value is -4.04. The van der Waals surface area contributed by atoms with Crippen molar-refractivity contribution in [2.24, 2.45) is 4.99 Å². The minimum absolute atomic E-state index is 0.0516. The smallest absolute Gasteiger partial charge is 0.336 e. The molecule has 2 aromatic carbocycles. The number of nitrogens with one attached hydrogen (secondary N) is 1. The topological polar surface area (TPSA) is 94.4 Å². The molecule has 8 heteroatoms. The van der Waals surface area contributed by atoms with Gasteiger partial charge in [0.2, 0.25) is 0 Å². The van der Waals surface area contributed by atoms with Crippen molar-refractivity contribution < 1.29 is 19.7 Å². The number of fused-ring (bicyclic) bond motifs is 1. The molecule has 0 amide bonds. The van der Waals surface area contributed by atoms with Crippen LogP contribution >= 0.6 is 11.3 Å². The Morgan fingerprint density at radius 2 is 2.00 bits per heavy atom. The van der Waals surface area contributed by atoms with Gasteiger partial charge >= 0.3 is 5.97 Å². The minimum atomic E-state index is -0.969. The lowest BCUT2D eigenvalue weighted by Crippen LogP contribution is -2.43. The van der Waals surface area contributed by atoms with Crippen molar-refractivity contribution in [2.75, 3.05) is 26.2 Å². The molecule has 3 heterocycles. The highest BCUT2D eigenvalue weighted by Crippen LogP contribution is 2.36. The molecule has 0 spiro atoms. The Bertz CT molecular complexity index is 1690. The second kappa shape index (κ2) is 13.1. The van der Waals surface area contributed by atoms with Gasteiger partial charge in [-0.15, -0.1) is 17.1 Å². The summed E-state index contributed by atoms with van der Waals surface area (Å²) in [5.41, 5.74) is 7.34. The van der Waals surface area contributed by atoms with Gasteiger partial charge in [0.1, 0.15) is 12.1 Å². The molecule has 2 unspecified atom stereocenters. The quantitative estimate of drug-likeness (QED) is 0.221. The van der Waals surface area contributed by atoms with E-state index >= 15 is 0 Å². The zero-order chi connectivity index (χ0) is 29.8. The third-order valence-electron chi connectivity index (χ3n) is 8.10. The molecule has 6 rings (SSSR count). The number of aliphatic imine (C=N–C) groups is 1. The van der Waals surface area contributed by atoms with Crippen LogP contribution in [0, 0.1) is 6.92 Å². The number of carboxylic acids is 1. The first kappa shape index (κ1) is 29.1. The fourth-order valence-corrected chi connectivity index (χ4v) is 6.81. The molecule has 0 bridgehead atoms. The van der Waals surface area contributed by atoms with E-state index < -0.39 is 12.2 Å². The summed E-state index contributed by atoms with van der Waals surface area (Å²) in [6.07, 6.45) is 11.9. The molecule has 7 nitrogen and oxygen atoms in total. The lowest BCUT2D eigenvalue weighted by molar-refractivity contribution is -0.132. The summed E-state index contributed by atoms with van der Waals surface area (Å²) in [5, 5.41) is 24.9. The Morgan fingerprint density at radius 3 is 2.74 bits per heavy atom. The lowest BCUT2D eigenvalue weighted by atomic mass is 10.0.